The van der Waals surface area contributed by atoms with Gasteiger partial charge in [-0.25, -0.2) is 0 Å². The lowest BCUT2D eigenvalue weighted by atomic mass is 10.0. The van der Waals surface area contributed by atoms with Crippen molar-refractivity contribution in [3.63, 3.8) is 0 Å². The molecule has 0 aliphatic heterocycles. The largest absolute Gasteiger partial charge is 0.466 e. The fourth-order valence-corrected chi connectivity index (χ4v) is 2.80. The molecule has 0 saturated heterocycles. The molecule has 0 N–H and O–H groups in total. The van der Waals surface area contributed by atoms with E-state index >= 15 is 0 Å². The number of rotatable bonds is 4. The van der Waals surface area contributed by atoms with Gasteiger partial charge >= 0.3 is 5.97 Å². The van der Waals surface area contributed by atoms with Crippen LogP contribution < -0.4 is 5.43 Å². The summed E-state index contributed by atoms with van der Waals surface area (Å²) in [5.41, 5.74) is 1.34. The lowest BCUT2D eigenvalue weighted by Gasteiger charge is -2.10. The maximum atomic E-state index is 12.9. The number of carbonyl (C=O) groups is 1. The summed E-state index contributed by atoms with van der Waals surface area (Å²) in [6.07, 6.45) is -0.119. The molecule has 0 atom stereocenters. The van der Waals surface area contributed by atoms with Gasteiger partial charge in [-0.3, -0.25) is 9.59 Å². The van der Waals surface area contributed by atoms with Crippen LogP contribution in [0.25, 0.3) is 22.3 Å². The van der Waals surface area contributed by atoms with Crippen molar-refractivity contribution in [1.29, 1.82) is 0 Å². The molecule has 0 saturated carbocycles. The summed E-state index contributed by atoms with van der Waals surface area (Å²) < 4.78 is 11.9. The van der Waals surface area contributed by atoms with Crippen molar-refractivity contribution in [2.24, 2.45) is 0 Å². The van der Waals surface area contributed by atoms with E-state index in [1.807, 2.05) is 30.3 Å². The second-order valence-corrected chi connectivity index (χ2v) is 6.14. The number of benzene rings is 2. The Kier molecular flexibility index (Phi) is 4.81. The molecule has 24 heavy (non-hydrogen) atoms. The maximum absolute atomic E-state index is 12.9. The Balaban J connectivity index is 2.23. The van der Waals surface area contributed by atoms with Crippen molar-refractivity contribution in [1.82, 2.24) is 0 Å². The summed E-state index contributed by atoms with van der Waals surface area (Å²) in [4.78, 5) is 24.8. The molecule has 5 heteroatoms. The minimum Gasteiger partial charge on any atom is -0.466 e. The summed E-state index contributed by atoms with van der Waals surface area (Å²) in [6.45, 7) is 2.00. The smallest absolute Gasteiger partial charge is 0.310 e. The van der Waals surface area contributed by atoms with Gasteiger partial charge in [-0.2, -0.15) is 0 Å². The molecule has 0 fully saturated rings. The van der Waals surface area contributed by atoms with Crippen molar-refractivity contribution in [2.45, 2.75) is 13.3 Å². The van der Waals surface area contributed by atoms with Gasteiger partial charge in [0.25, 0.3) is 0 Å². The van der Waals surface area contributed by atoms with Gasteiger partial charge in [0.15, 0.2) is 5.43 Å². The van der Waals surface area contributed by atoms with Gasteiger partial charge in [-0.1, -0.05) is 40.2 Å². The van der Waals surface area contributed by atoms with Crippen LogP contribution in [0.5, 0.6) is 0 Å². The van der Waals surface area contributed by atoms with E-state index in [1.165, 1.54) is 0 Å². The molecule has 0 amide bonds. The molecule has 0 spiro atoms. The van der Waals surface area contributed by atoms with Gasteiger partial charge in [0.1, 0.15) is 11.3 Å². The van der Waals surface area contributed by atoms with Crippen molar-refractivity contribution < 1.29 is 13.9 Å². The molecule has 122 valence electrons. The molecule has 0 radical (unpaired) electrons. The van der Waals surface area contributed by atoms with Crippen molar-refractivity contribution >= 4 is 32.9 Å². The van der Waals surface area contributed by atoms with Gasteiger partial charge in [-0.15, -0.1) is 0 Å². The van der Waals surface area contributed by atoms with Crippen LogP contribution in [0.4, 0.5) is 0 Å². The van der Waals surface area contributed by atoms with E-state index in [0.29, 0.717) is 22.3 Å². The van der Waals surface area contributed by atoms with E-state index in [-0.39, 0.29) is 18.5 Å². The molecule has 0 aliphatic rings. The normalized spacial score (nSPS) is 10.8. The predicted molar refractivity (Wildman–Crippen MR) is 96.0 cm³/mol. The Labute approximate surface area is 147 Å². The molecule has 0 bridgehead atoms. The quantitative estimate of drug-likeness (QED) is 0.626. The average molecular weight is 387 g/mol. The Bertz CT molecular complexity index is 942. The molecule has 4 nitrogen and oxygen atoms in total. The first kappa shape index (κ1) is 16.5. The number of esters is 1. The van der Waals surface area contributed by atoms with E-state index < -0.39 is 5.97 Å². The van der Waals surface area contributed by atoms with Crippen LogP contribution in [-0.4, -0.2) is 12.6 Å². The van der Waals surface area contributed by atoms with Crippen molar-refractivity contribution in [3.05, 3.63) is 68.8 Å². The Hall–Kier alpha value is -2.40. The molecular formula is C19H15BrO4. The number of fused-ring (bicyclic) bond motifs is 1. The van der Waals surface area contributed by atoms with E-state index in [1.54, 1.807) is 25.1 Å². The number of para-hydroxylation sites is 1. The van der Waals surface area contributed by atoms with E-state index in [4.69, 9.17) is 9.15 Å². The molecular weight excluding hydrogens is 372 g/mol. The highest BCUT2D eigenvalue weighted by Gasteiger charge is 2.19. The lowest BCUT2D eigenvalue weighted by molar-refractivity contribution is -0.142. The van der Waals surface area contributed by atoms with Gasteiger partial charge in [0, 0.05) is 10.0 Å². The number of halogens is 1. The van der Waals surface area contributed by atoms with Crippen LogP contribution in [0.3, 0.4) is 0 Å². The van der Waals surface area contributed by atoms with Crippen LogP contribution in [0.2, 0.25) is 0 Å². The summed E-state index contributed by atoms with van der Waals surface area (Å²) in [7, 11) is 0. The first-order chi connectivity index (χ1) is 11.6. The Morgan fingerprint density at radius 3 is 2.54 bits per heavy atom. The third kappa shape index (κ3) is 3.26. The molecule has 1 aromatic heterocycles. The molecule has 3 rings (SSSR count). The van der Waals surface area contributed by atoms with Crippen LogP contribution in [0.1, 0.15) is 12.5 Å². The Morgan fingerprint density at radius 2 is 1.83 bits per heavy atom. The highest BCUT2D eigenvalue weighted by atomic mass is 79.9. The zero-order valence-electron chi connectivity index (χ0n) is 13.0. The number of carbonyl (C=O) groups excluding carboxylic acids is 1. The van der Waals surface area contributed by atoms with Gasteiger partial charge in [0.05, 0.1) is 24.0 Å². The minimum atomic E-state index is -0.446. The predicted octanol–water partition coefficient (Wildman–Crippen LogP) is 4.33. The highest BCUT2D eigenvalue weighted by Crippen LogP contribution is 2.27. The summed E-state index contributed by atoms with van der Waals surface area (Å²) in [6, 6.07) is 14.4. The Morgan fingerprint density at radius 1 is 1.12 bits per heavy atom. The summed E-state index contributed by atoms with van der Waals surface area (Å²) in [5, 5.41) is 0.456. The van der Waals surface area contributed by atoms with E-state index in [9.17, 15) is 9.59 Å². The average Bonchev–Trinajstić information content (AvgIpc) is 2.58. The SMILES string of the molecule is CCOC(=O)Cc1c(-c2ccc(Br)cc2)oc2ccccc2c1=O. The van der Waals surface area contributed by atoms with Crippen molar-refractivity contribution in [2.75, 3.05) is 6.61 Å². The second-order valence-electron chi connectivity index (χ2n) is 5.22. The van der Waals surface area contributed by atoms with Crippen LogP contribution in [0.15, 0.2) is 62.2 Å². The standard InChI is InChI=1S/C19H15BrO4/c1-2-23-17(21)11-15-18(22)14-5-3-4-6-16(14)24-19(15)12-7-9-13(20)10-8-12/h3-10H,2,11H2,1H3. The zero-order chi connectivity index (χ0) is 17.1. The lowest BCUT2D eigenvalue weighted by Crippen LogP contribution is -2.17. The summed E-state index contributed by atoms with van der Waals surface area (Å²) in [5.74, 6) is -0.0438. The molecule has 1 heterocycles. The fraction of sp³-hybridized carbons (Fsp3) is 0.158. The van der Waals surface area contributed by atoms with Crippen LogP contribution in [0, 0.1) is 0 Å². The molecule has 0 aliphatic carbocycles. The fourth-order valence-electron chi connectivity index (χ4n) is 2.53. The van der Waals surface area contributed by atoms with E-state index in [2.05, 4.69) is 15.9 Å². The highest BCUT2D eigenvalue weighted by molar-refractivity contribution is 9.10. The topological polar surface area (TPSA) is 56.5 Å². The number of ether oxygens (including phenoxy) is 1. The first-order valence-electron chi connectivity index (χ1n) is 7.56. The molecule has 2 aromatic carbocycles. The first-order valence-corrected chi connectivity index (χ1v) is 8.35. The second kappa shape index (κ2) is 7.01. The van der Waals surface area contributed by atoms with Gasteiger partial charge < -0.3 is 9.15 Å². The van der Waals surface area contributed by atoms with Crippen LogP contribution in [-0.2, 0) is 16.0 Å². The number of hydrogen-bond acceptors (Lipinski definition) is 4. The third-order valence-corrected chi connectivity index (χ3v) is 4.15. The zero-order valence-corrected chi connectivity index (χ0v) is 14.6. The van der Waals surface area contributed by atoms with Gasteiger partial charge in [-0.05, 0) is 31.2 Å². The maximum Gasteiger partial charge on any atom is 0.310 e. The van der Waals surface area contributed by atoms with Gasteiger partial charge in [0.2, 0.25) is 0 Å². The van der Waals surface area contributed by atoms with E-state index in [0.717, 1.165) is 10.0 Å². The van der Waals surface area contributed by atoms with Crippen molar-refractivity contribution in [3.8, 4) is 11.3 Å². The van der Waals surface area contributed by atoms with Crippen LogP contribution >= 0.6 is 15.9 Å². The summed E-state index contributed by atoms with van der Waals surface area (Å²) >= 11 is 3.39. The molecule has 3 aromatic rings. The number of hydrogen-bond donors (Lipinski definition) is 0. The minimum absolute atomic E-state index is 0.119. The monoisotopic (exact) mass is 386 g/mol. The molecule has 0 unspecified atom stereocenters. The third-order valence-electron chi connectivity index (χ3n) is 3.62.